The van der Waals surface area contributed by atoms with E-state index in [9.17, 15) is 0 Å². The Kier molecular flexibility index (Phi) is 13.3. The van der Waals surface area contributed by atoms with Crippen molar-refractivity contribution in [2.45, 2.75) is 59.3 Å². The van der Waals surface area contributed by atoms with Gasteiger partial charge in [0.15, 0.2) is 0 Å². The molecule has 1 aromatic carbocycles. The molecule has 0 fully saturated rings. The second-order valence-electron chi connectivity index (χ2n) is 7.92. The van der Waals surface area contributed by atoms with E-state index in [0.717, 1.165) is 17.8 Å². The van der Waals surface area contributed by atoms with E-state index in [4.69, 9.17) is 0 Å². The minimum Gasteiger partial charge on any atom is -0.137 e. The first-order valence-electron chi connectivity index (χ1n) is 11.1. The van der Waals surface area contributed by atoms with Crippen LogP contribution in [0, 0.1) is 24.7 Å². The van der Waals surface area contributed by atoms with Gasteiger partial charge in [0.25, 0.3) is 0 Å². The summed E-state index contributed by atoms with van der Waals surface area (Å²) in [6.07, 6.45) is 24.0. The summed E-state index contributed by atoms with van der Waals surface area (Å²) < 4.78 is 0. The quantitative estimate of drug-likeness (QED) is 0.427. The Morgan fingerprint density at radius 1 is 0.966 bits per heavy atom. The molecule has 2 aliphatic carbocycles. The Balaban J connectivity index is 0.000000347. The number of rotatable bonds is 6. The van der Waals surface area contributed by atoms with Crippen molar-refractivity contribution >= 4 is 0 Å². The van der Waals surface area contributed by atoms with Crippen LogP contribution in [0.1, 0.15) is 57.9 Å². The first kappa shape index (κ1) is 24.7. The summed E-state index contributed by atoms with van der Waals surface area (Å²) >= 11 is 0. The van der Waals surface area contributed by atoms with Gasteiger partial charge in [-0.15, -0.1) is 5.73 Å². The monoisotopic (exact) mass is 388 g/mol. The lowest BCUT2D eigenvalue weighted by Gasteiger charge is -2.26. The van der Waals surface area contributed by atoms with E-state index in [-0.39, 0.29) is 0 Å². The molecule has 0 heteroatoms. The molecule has 0 N–H and O–H groups in total. The Labute approximate surface area is 180 Å². The molecule has 2 unspecified atom stereocenters. The zero-order chi connectivity index (χ0) is 21.3. The summed E-state index contributed by atoms with van der Waals surface area (Å²) in [6.45, 7) is 13.0. The van der Waals surface area contributed by atoms with Crippen LogP contribution >= 0.6 is 0 Å². The maximum Gasteiger partial charge on any atom is -0.0127 e. The summed E-state index contributed by atoms with van der Waals surface area (Å²) in [5.41, 5.74) is 5.24. The highest BCUT2D eigenvalue weighted by molar-refractivity contribution is 5.23. The molecule has 0 heterocycles. The van der Waals surface area contributed by atoms with E-state index in [1.165, 1.54) is 44.1 Å². The number of hydrogen-bond donors (Lipinski definition) is 0. The summed E-state index contributed by atoms with van der Waals surface area (Å²) in [5, 5.41) is 0. The van der Waals surface area contributed by atoms with Gasteiger partial charge in [-0.2, -0.15) is 0 Å². The van der Waals surface area contributed by atoms with Crippen LogP contribution in [0.5, 0.6) is 0 Å². The first-order chi connectivity index (χ1) is 14.1. The zero-order valence-electron chi connectivity index (χ0n) is 18.8. The van der Waals surface area contributed by atoms with Gasteiger partial charge >= 0.3 is 0 Å². The fraction of sp³-hybridized carbons (Fsp3) is 0.414. The standard InChI is InChI=1S/C19H28.C7H8.C3H4/c1-3-16(4-2)13-14-17-9-8-12-19(15-17)18-10-6-5-7-11-18;1-7-5-3-2-4-6-7;1-3-2/h5-10,12,16,18-19H,3-4,11,13-15H2,1-2H3;2-6H,1H3;1-2H2. The number of benzene rings is 1. The van der Waals surface area contributed by atoms with Gasteiger partial charge in [0.2, 0.25) is 0 Å². The highest BCUT2D eigenvalue weighted by atomic mass is 14.2. The molecule has 0 amide bonds. The molecule has 0 saturated carbocycles. The molecule has 2 atom stereocenters. The van der Waals surface area contributed by atoms with Crippen molar-refractivity contribution in [3.8, 4) is 0 Å². The van der Waals surface area contributed by atoms with Gasteiger partial charge in [-0.3, -0.25) is 0 Å². The fourth-order valence-electron chi connectivity index (χ4n) is 3.79. The lowest BCUT2D eigenvalue weighted by atomic mass is 9.79. The zero-order valence-corrected chi connectivity index (χ0v) is 18.8. The molecule has 0 radical (unpaired) electrons. The van der Waals surface area contributed by atoms with Crippen LogP contribution in [0.15, 0.2) is 97.3 Å². The van der Waals surface area contributed by atoms with E-state index in [1.54, 1.807) is 5.57 Å². The van der Waals surface area contributed by atoms with Crippen molar-refractivity contribution in [1.82, 2.24) is 0 Å². The van der Waals surface area contributed by atoms with Gasteiger partial charge in [-0.05, 0) is 50.4 Å². The normalized spacial score (nSPS) is 19.4. The molecule has 0 nitrogen and oxygen atoms in total. The first-order valence-corrected chi connectivity index (χ1v) is 11.1. The highest BCUT2D eigenvalue weighted by Gasteiger charge is 2.20. The molecular formula is C29H40. The SMILES string of the molecule is C=C=C.CCC(CC)CCC1=CC=CC(C2C=CC=CC2)C1.Cc1ccccc1. The van der Waals surface area contributed by atoms with Crippen molar-refractivity contribution in [3.05, 3.63) is 103 Å². The minimum atomic E-state index is 0.720. The molecule has 29 heavy (non-hydrogen) atoms. The predicted octanol–water partition coefficient (Wildman–Crippen LogP) is 8.79. The Morgan fingerprint density at radius 3 is 2.14 bits per heavy atom. The molecule has 156 valence electrons. The summed E-state index contributed by atoms with van der Waals surface area (Å²) in [7, 11) is 0. The molecule has 0 saturated heterocycles. The van der Waals surface area contributed by atoms with Crippen molar-refractivity contribution in [1.29, 1.82) is 0 Å². The van der Waals surface area contributed by atoms with Crippen LogP contribution in [0.3, 0.4) is 0 Å². The molecule has 3 rings (SSSR count). The van der Waals surface area contributed by atoms with E-state index < -0.39 is 0 Å². The average molecular weight is 389 g/mol. The average Bonchev–Trinajstić information content (AvgIpc) is 2.77. The lowest BCUT2D eigenvalue weighted by Crippen LogP contribution is -2.14. The van der Waals surface area contributed by atoms with E-state index in [0.29, 0.717) is 0 Å². The third kappa shape index (κ3) is 10.7. The number of aryl methyl sites for hydroxylation is 1. The van der Waals surface area contributed by atoms with Gasteiger partial charge in [-0.25, -0.2) is 0 Å². The van der Waals surface area contributed by atoms with Gasteiger partial charge in [-0.1, -0.05) is 124 Å². The Hall–Kier alpha value is -2.30. The van der Waals surface area contributed by atoms with Crippen molar-refractivity contribution in [2.24, 2.45) is 17.8 Å². The summed E-state index contributed by atoms with van der Waals surface area (Å²) in [4.78, 5) is 0. The van der Waals surface area contributed by atoms with E-state index in [1.807, 2.05) is 18.2 Å². The molecule has 0 aliphatic heterocycles. The summed E-state index contributed by atoms with van der Waals surface area (Å²) in [6, 6.07) is 10.3. The third-order valence-corrected chi connectivity index (χ3v) is 5.72. The largest absolute Gasteiger partial charge is 0.137 e. The third-order valence-electron chi connectivity index (χ3n) is 5.72. The van der Waals surface area contributed by atoms with Crippen LogP contribution in [-0.2, 0) is 0 Å². The molecule has 2 aliphatic rings. The van der Waals surface area contributed by atoms with Crippen LogP contribution in [0.2, 0.25) is 0 Å². The second kappa shape index (κ2) is 15.6. The molecule has 0 aromatic heterocycles. The van der Waals surface area contributed by atoms with Crippen LogP contribution < -0.4 is 0 Å². The number of hydrogen-bond acceptors (Lipinski definition) is 0. The van der Waals surface area contributed by atoms with Crippen LogP contribution in [0.4, 0.5) is 0 Å². The Morgan fingerprint density at radius 2 is 1.62 bits per heavy atom. The molecule has 0 bridgehead atoms. The molecule has 0 spiro atoms. The Bertz CT molecular complexity index is 689. The van der Waals surface area contributed by atoms with Crippen molar-refractivity contribution < 1.29 is 0 Å². The topological polar surface area (TPSA) is 0 Å². The van der Waals surface area contributed by atoms with Crippen LogP contribution in [-0.4, -0.2) is 0 Å². The molecule has 1 aromatic rings. The smallest absolute Gasteiger partial charge is 0.0127 e. The van der Waals surface area contributed by atoms with Crippen LogP contribution in [0.25, 0.3) is 0 Å². The lowest BCUT2D eigenvalue weighted by molar-refractivity contribution is 0.430. The van der Waals surface area contributed by atoms with Crippen molar-refractivity contribution in [2.75, 3.05) is 0 Å². The molecular weight excluding hydrogens is 348 g/mol. The summed E-state index contributed by atoms with van der Waals surface area (Å²) in [5.74, 6) is 2.36. The highest BCUT2D eigenvalue weighted by Crippen LogP contribution is 2.33. The minimum absolute atomic E-state index is 0.720. The fourth-order valence-corrected chi connectivity index (χ4v) is 3.79. The van der Waals surface area contributed by atoms with Gasteiger partial charge in [0.05, 0.1) is 0 Å². The second-order valence-corrected chi connectivity index (χ2v) is 7.92. The predicted molar refractivity (Wildman–Crippen MR) is 131 cm³/mol. The number of allylic oxidation sites excluding steroid dienone is 8. The van der Waals surface area contributed by atoms with Gasteiger partial charge < -0.3 is 0 Å². The van der Waals surface area contributed by atoms with E-state index >= 15 is 0 Å². The maximum absolute atomic E-state index is 3.12. The van der Waals surface area contributed by atoms with E-state index in [2.05, 4.69) is 94.3 Å². The van der Waals surface area contributed by atoms with Gasteiger partial charge in [0.1, 0.15) is 0 Å². The van der Waals surface area contributed by atoms with Crippen molar-refractivity contribution in [3.63, 3.8) is 0 Å². The maximum atomic E-state index is 3.12. The van der Waals surface area contributed by atoms with Gasteiger partial charge in [0, 0.05) is 0 Å².